The molecule has 33 heavy (non-hydrogen) atoms. The normalized spacial score (nSPS) is 20.1. The maximum atomic E-state index is 13.6. The molecule has 2 heterocycles. The number of rotatable bonds is 7. The van der Waals surface area contributed by atoms with Crippen LogP contribution in [0, 0.1) is 11.7 Å². The first-order chi connectivity index (χ1) is 16.0. The fourth-order valence-corrected chi connectivity index (χ4v) is 5.26. The van der Waals surface area contributed by atoms with Crippen molar-refractivity contribution in [3.8, 4) is 0 Å². The van der Waals surface area contributed by atoms with Crippen molar-refractivity contribution in [2.45, 2.75) is 64.2 Å². The molecule has 176 valence electrons. The average Bonchev–Trinajstić information content (AvgIpc) is 3.07. The molecule has 2 fully saturated rings. The highest BCUT2D eigenvalue weighted by Crippen LogP contribution is 2.35. The summed E-state index contributed by atoms with van der Waals surface area (Å²) in [5.74, 6) is 0.0842. The molecule has 6 heteroatoms. The van der Waals surface area contributed by atoms with Crippen LogP contribution in [0.25, 0.3) is 0 Å². The van der Waals surface area contributed by atoms with E-state index in [4.69, 9.17) is 0 Å². The van der Waals surface area contributed by atoms with E-state index in [1.54, 1.807) is 12.1 Å². The molecular weight excluding hydrogens is 417 g/mol. The molecule has 0 unspecified atom stereocenters. The zero-order valence-electron chi connectivity index (χ0n) is 19.6. The molecule has 2 amide bonds. The van der Waals surface area contributed by atoms with Crippen molar-refractivity contribution >= 4 is 11.8 Å². The summed E-state index contributed by atoms with van der Waals surface area (Å²) < 4.78 is 13.4. The molecule has 1 spiro atoms. The predicted octanol–water partition coefficient (Wildman–Crippen LogP) is 4.12. The molecule has 2 aliphatic rings. The summed E-state index contributed by atoms with van der Waals surface area (Å²) in [6, 6.07) is 16.1. The summed E-state index contributed by atoms with van der Waals surface area (Å²) in [6.45, 7) is 5.82. The van der Waals surface area contributed by atoms with E-state index in [-0.39, 0.29) is 29.6 Å². The number of benzene rings is 2. The number of amides is 2. The molecule has 5 nitrogen and oxygen atoms in total. The zero-order chi connectivity index (χ0) is 23.4. The summed E-state index contributed by atoms with van der Waals surface area (Å²) >= 11 is 0. The number of halogens is 1. The Kier molecular flexibility index (Phi) is 7.13. The molecule has 2 aromatic rings. The lowest BCUT2D eigenvalue weighted by atomic mass is 9.93. The van der Waals surface area contributed by atoms with Crippen molar-refractivity contribution < 1.29 is 14.0 Å². The Bertz CT molecular complexity index is 951. The summed E-state index contributed by atoms with van der Waals surface area (Å²) in [6.07, 6.45) is 3.71. The van der Waals surface area contributed by atoms with Crippen LogP contribution in [-0.2, 0) is 22.6 Å². The minimum Gasteiger partial charge on any atom is -0.342 e. The third kappa shape index (κ3) is 4.96. The molecule has 0 aliphatic carbocycles. The summed E-state index contributed by atoms with van der Waals surface area (Å²) in [4.78, 5) is 30.4. The summed E-state index contributed by atoms with van der Waals surface area (Å²) in [5, 5.41) is 3.67. The number of piperidine rings is 1. The number of carbonyl (C=O) groups excluding carboxylic acids is 2. The Morgan fingerprint density at radius 2 is 1.67 bits per heavy atom. The van der Waals surface area contributed by atoms with E-state index in [0.717, 1.165) is 24.0 Å². The van der Waals surface area contributed by atoms with Gasteiger partial charge in [0.05, 0.1) is 11.7 Å². The van der Waals surface area contributed by atoms with Gasteiger partial charge in [-0.25, -0.2) is 4.39 Å². The van der Waals surface area contributed by atoms with E-state index in [0.29, 0.717) is 38.9 Å². The van der Waals surface area contributed by atoms with E-state index in [1.165, 1.54) is 12.1 Å². The van der Waals surface area contributed by atoms with Crippen LogP contribution < -0.4 is 5.32 Å². The second-order valence-electron chi connectivity index (χ2n) is 9.31. The van der Waals surface area contributed by atoms with Gasteiger partial charge < -0.3 is 9.80 Å². The molecule has 0 radical (unpaired) electrons. The Hall–Kier alpha value is -2.73. The van der Waals surface area contributed by atoms with Crippen LogP contribution in [0.2, 0.25) is 0 Å². The Balaban J connectivity index is 1.54. The van der Waals surface area contributed by atoms with E-state index in [2.05, 4.69) is 19.2 Å². The van der Waals surface area contributed by atoms with Crippen molar-refractivity contribution in [1.82, 2.24) is 15.1 Å². The first kappa shape index (κ1) is 23.4. The summed E-state index contributed by atoms with van der Waals surface area (Å²) in [7, 11) is 0. The van der Waals surface area contributed by atoms with E-state index in [1.807, 2.05) is 40.1 Å². The van der Waals surface area contributed by atoms with E-state index >= 15 is 0 Å². The second-order valence-corrected chi connectivity index (χ2v) is 9.31. The molecule has 4 rings (SSSR count). The van der Waals surface area contributed by atoms with E-state index in [9.17, 15) is 14.0 Å². The number of likely N-dealkylation sites (tertiary alicyclic amines) is 1. The van der Waals surface area contributed by atoms with Gasteiger partial charge >= 0.3 is 0 Å². The van der Waals surface area contributed by atoms with Crippen molar-refractivity contribution in [1.29, 1.82) is 0 Å². The smallest absolute Gasteiger partial charge is 0.241 e. The lowest BCUT2D eigenvalue weighted by molar-refractivity contribution is -0.140. The molecule has 0 bridgehead atoms. The largest absolute Gasteiger partial charge is 0.342 e. The quantitative estimate of drug-likeness (QED) is 0.689. The number of nitrogens with one attached hydrogen (secondary N) is 1. The minimum atomic E-state index is -0.490. The van der Waals surface area contributed by atoms with Crippen molar-refractivity contribution in [2.24, 2.45) is 5.92 Å². The SMILES string of the molecule is CCC(CC)C(=O)N1CCC2(CC1)N[C@H](Cc1ccccc1)C(=O)N2Cc1ccc(F)cc1. The number of carbonyl (C=O) groups is 2. The van der Waals surface area contributed by atoms with Gasteiger partial charge in [-0.1, -0.05) is 56.3 Å². The third-order valence-corrected chi connectivity index (χ3v) is 7.30. The Labute approximate surface area is 196 Å². The molecule has 2 saturated heterocycles. The van der Waals surface area contributed by atoms with Gasteiger partial charge in [0.2, 0.25) is 11.8 Å². The fourth-order valence-electron chi connectivity index (χ4n) is 5.26. The van der Waals surface area contributed by atoms with Crippen LogP contribution in [0.15, 0.2) is 54.6 Å². The molecule has 1 N–H and O–H groups in total. The van der Waals surface area contributed by atoms with Crippen LogP contribution in [-0.4, -0.2) is 46.4 Å². The standard InChI is InChI=1S/C27H34FN3O2/c1-3-22(4-2)25(32)30-16-14-27(15-17-30)29-24(18-20-8-6-5-7-9-20)26(33)31(27)19-21-10-12-23(28)13-11-21/h5-13,22,24,29H,3-4,14-19H2,1-2H3/t24-/m1/s1. The zero-order valence-corrected chi connectivity index (χ0v) is 19.6. The monoisotopic (exact) mass is 451 g/mol. The number of hydrogen-bond acceptors (Lipinski definition) is 3. The Morgan fingerprint density at radius 3 is 2.27 bits per heavy atom. The van der Waals surface area contributed by atoms with Gasteiger partial charge in [-0.05, 0) is 42.5 Å². The van der Waals surface area contributed by atoms with Gasteiger partial charge in [-0.3, -0.25) is 14.9 Å². The Morgan fingerprint density at radius 1 is 1.03 bits per heavy atom. The van der Waals surface area contributed by atoms with Crippen LogP contribution in [0.5, 0.6) is 0 Å². The highest BCUT2D eigenvalue weighted by atomic mass is 19.1. The van der Waals surface area contributed by atoms with Crippen LogP contribution in [0.3, 0.4) is 0 Å². The highest BCUT2D eigenvalue weighted by Gasteiger charge is 2.51. The molecule has 1 atom stereocenters. The first-order valence-electron chi connectivity index (χ1n) is 12.1. The molecule has 0 aromatic heterocycles. The van der Waals surface area contributed by atoms with Gasteiger partial charge in [0.15, 0.2) is 0 Å². The predicted molar refractivity (Wildman–Crippen MR) is 127 cm³/mol. The third-order valence-electron chi connectivity index (χ3n) is 7.30. The molecule has 2 aromatic carbocycles. The maximum Gasteiger partial charge on any atom is 0.241 e. The maximum absolute atomic E-state index is 13.6. The van der Waals surface area contributed by atoms with Gasteiger partial charge in [0.25, 0.3) is 0 Å². The van der Waals surface area contributed by atoms with Crippen LogP contribution in [0.4, 0.5) is 4.39 Å². The average molecular weight is 452 g/mol. The fraction of sp³-hybridized carbons (Fsp3) is 0.481. The minimum absolute atomic E-state index is 0.0679. The van der Waals surface area contributed by atoms with Gasteiger partial charge in [0, 0.05) is 38.4 Å². The van der Waals surface area contributed by atoms with Crippen LogP contribution in [0.1, 0.15) is 50.7 Å². The second kappa shape index (κ2) is 10.0. The van der Waals surface area contributed by atoms with E-state index < -0.39 is 5.66 Å². The highest BCUT2D eigenvalue weighted by molar-refractivity contribution is 5.86. The molecule has 2 aliphatic heterocycles. The number of hydrogen-bond donors (Lipinski definition) is 1. The van der Waals surface area contributed by atoms with Crippen molar-refractivity contribution in [2.75, 3.05) is 13.1 Å². The first-order valence-corrected chi connectivity index (χ1v) is 12.1. The van der Waals surface area contributed by atoms with Gasteiger partial charge in [-0.15, -0.1) is 0 Å². The van der Waals surface area contributed by atoms with Crippen molar-refractivity contribution in [3.05, 3.63) is 71.5 Å². The van der Waals surface area contributed by atoms with Crippen LogP contribution >= 0.6 is 0 Å². The topological polar surface area (TPSA) is 52.7 Å². The van der Waals surface area contributed by atoms with Gasteiger partial charge in [-0.2, -0.15) is 0 Å². The number of nitrogens with zero attached hydrogens (tertiary/aromatic N) is 2. The lowest BCUT2D eigenvalue weighted by Gasteiger charge is -2.45. The van der Waals surface area contributed by atoms with Gasteiger partial charge in [0.1, 0.15) is 5.82 Å². The molecular formula is C27H34FN3O2. The summed E-state index contributed by atoms with van der Waals surface area (Å²) in [5.41, 5.74) is 1.53. The molecule has 0 saturated carbocycles. The van der Waals surface area contributed by atoms with Crippen molar-refractivity contribution in [3.63, 3.8) is 0 Å². The lowest BCUT2D eigenvalue weighted by Crippen LogP contribution is -2.59.